The van der Waals surface area contributed by atoms with E-state index in [-0.39, 0.29) is 22.8 Å². The Hall–Kier alpha value is -0.980. The third-order valence-electron chi connectivity index (χ3n) is 3.79. The van der Waals surface area contributed by atoms with Gasteiger partial charge in [0.2, 0.25) is 10.0 Å². The molecule has 0 aromatic heterocycles. The van der Waals surface area contributed by atoms with E-state index >= 15 is 0 Å². The summed E-state index contributed by atoms with van der Waals surface area (Å²) in [6, 6.07) is 2.73. The number of halogens is 1. The van der Waals surface area contributed by atoms with Crippen LogP contribution < -0.4 is 10.0 Å². The van der Waals surface area contributed by atoms with Gasteiger partial charge in [-0.05, 0) is 63.4 Å². The van der Waals surface area contributed by atoms with E-state index in [1.807, 2.05) is 6.92 Å². The summed E-state index contributed by atoms with van der Waals surface area (Å²) in [4.78, 5) is 0.131. The number of aryl methyl sites for hydroxylation is 2. The van der Waals surface area contributed by atoms with Gasteiger partial charge >= 0.3 is 0 Å². The fourth-order valence-electron chi connectivity index (χ4n) is 2.53. The molecule has 4 nitrogen and oxygen atoms in total. The summed E-state index contributed by atoms with van der Waals surface area (Å²) in [6.07, 6.45) is 1.76. The van der Waals surface area contributed by atoms with Crippen LogP contribution in [-0.4, -0.2) is 27.0 Å². The lowest BCUT2D eigenvalue weighted by atomic mass is 10.0. The average Bonchev–Trinajstić information content (AvgIpc) is 2.38. The van der Waals surface area contributed by atoms with Gasteiger partial charge in [-0.15, -0.1) is 0 Å². The van der Waals surface area contributed by atoms with E-state index in [0.717, 1.165) is 19.4 Å². The van der Waals surface area contributed by atoms with E-state index in [9.17, 15) is 12.8 Å². The van der Waals surface area contributed by atoms with Gasteiger partial charge in [-0.25, -0.2) is 17.5 Å². The molecule has 1 aliphatic rings. The molecule has 0 spiro atoms. The highest BCUT2D eigenvalue weighted by Crippen LogP contribution is 2.20. The normalized spacial score (nSPS) is 23.8. The average molecular weight is 300 g/mol. The van der Waals surface area contributed by atoms with Crippen molar-refractivity contribution in [1.82, 2.24) is 10.0 Å². The van der Waals surface area contributed by atoms with Crippen molar-refractivity contribution in [3.63, 3.8) is 0 Å². The van der Waals surface area contributed by atoms with Crippen molar-refractivity contribution in [2.45, 2.75) is 50.6 Å². The molecule has 6 heteroatoms. The smallest absolute Gasteiger partial charge is 0.240 e. The van der Waals surface area contributed by atoms with Crippen LogP contribution in [0.25, 0.3) is 0 Å². The van der Waals surface area contributed by atoms with Crippen LogP contribution in [0.4, 0.5) is 4.39 Å². The zero-order chi connectivity index (χ0) is 14.9. The molecule has 1 saturated heterocycles. The summed E-state index contributed by atoms with van der Waals surface area (Å²) < 4.78 is 41.1. The van der Waals surface area contributed by atoms with Crippen molar-refractivity contribution in [3.05, 3.63) is 29.1 Å². The maximum Gasteiger partial charge on any atom is 0.240 e. The molecule has 1 aromatic rings. The monoisotopic (exact) mass is 300 g/mol. The van der Waals surface area contributed by atoms with Gasteiger partial charge in [0.1, 0.15) is 5.82 Å². The molecule has 2 N–H and O–H groups in total. The number of benzene rings is 1. The molecule has 1 heterocycles. The second-order valence-corrected chi connectivity index (χ2v) is 7.20. The van der Waals surface area contributed by atoms with Crippen molar-refractivity contribution in [2.24, 2.45) is 0 Å². The van der Waals surface area contributed by atoms with Gasteiger partial charge in [0, 0.05) is 12.1 Å². The van der Waals surface area contributed by atoms with Crippen LogP contribution in [0.1, 0.15) is 30.9 Å². The van der Waals surface area contributed by atoms with E-state index in [1.165, 1.54) is 12.1 Å². The molecule has 2 unspecified atom stereocenters. The first-order valence-electron chi connectivity index (χ1n) is 6.84. The van der Waals surface area contributed by atoms with Gasteiger partial charge in [-0.3, -0.25) is 0 Å². The minimum Gasteiger partial charge on any atom is -0.313 e. The van der Waals surface area contributed by atoms with Crippen molar-refractivity contribution in [2.75, 3.05) is 6.54 Å². The summed E-state index contributed by atoms with van der Waals surface area (Å²) >= 11 is 0. The van der Waals surface area contributed by atoms with Crippen LogP contribution >= 0.6 is 0 Å². The molecule has 0 radical (unpaired) electrons. The Morgan fingerprint density at radius 1 is 1.30 bits per heavy atom. The molecule has 0 bridgehead atoms. The lowest BCUT2D eigenvalue weighted by molar-refractivity contribution is 0.349. The van der Waals surface area contributed by atoms with Gasteiger partial charge in [-0.2, -0.15) is 0 Å². The third-order valence-corrected chi connectivity index (χ3v) is 5.26. The van der Waals surface area contributed by atoms with Crippen molar-refractivity contribution in [1.29, 1.82) is 0 Å². The van der Waals surface area contributed by atoms with Gasteiger partial charge in [-0.1, -0.05) is 0 Å². The first-order valence-corrected chi connectivity index (χ1v) is 8.32. The highest BCUT2D eigenvalue weighted by molar-refractivity contribution is 7.89. The Morgan fingerprint density at radius 3 is 2.45 bits per heavy atom. The standard InChI is InChI=1S/C14H21FN2O2S/c1-9-7-12(8-10(2)14(9)15)20(18,19)17-13-5-4-6-16-11(13)3/h7-8,11,13,16-17H,4-6H2,1-3H3. The molecule has 1 fully saturated rings. The Morgan fingerprint density at radius 2 is 1.90 bits per heavy atom. The first-order chi connectivity index (χ1) is 9.31. The Balaban J connectivity index is 2.26. The largest absolute Gasteiger partial charge is 0.313 e. The SMILES string of the molecule is Cc1cc(S(=O)(=O)NC2CCCNC2C)cc(C)c1F. The summed E-state index contributed by atoms with van der Waals surface area (Å²) in [5, 5.41) is 3.25. The van der Waals surface area contributed by atoms with E-state index in [0.29, 0.717) is 11.1 Å². The zero-order valence-electron chi connectivity index (χ0n) is 12.0. The Labute approximate surface area is 119 Å². The van der Waals surface area contributed by atoms with Gasteiger partial charge in [0.05, 0.1) is 4.90 Å². The molecule has 2 atom stereocenters. The highest BCUT2D eigenvalue weighted by atomic mass is 32.2. The summed E-state index contributed by atoms with van der Waals surface area (Å²) in [5.41, 5.74) is 0.695. The molecule has 0 amide bonds. The second-order valence-electron chi connectivity index (χ2n) is 5.48. The molecule has 112 valence electrons. The molecular weight excluding hydrogens is 279 g/mol. The molecule has 0 saturated carbocycles. The highest BCUT2D eigenvalue weighted by Gasteiger charge is 2.27. The molecule has 20 heavy (non-hydrogen) atoms. The van der Waals surface area contributed by atoms with Crippen LogP contribution in [-0.2, 0) is 10.0 Å². The lowest BCUT2D eigenvalue weighted by Crippen LogP contribution is -2.51. The number of hydrogen-bond acceptors (Lipinski definition) is 3. The van der Waals surface area contributed by atoms with Gasteiger partial charge in [0.15, 0.2) is 0 Å². The van der Waals surface area contributed by atoms with E-state index < -0.39 is 10.0 Å². The molecule has 1 aromatic carbocycles. The molecule has 0 aliphatic carbocycles. The van der Waals surface area contributed by atoms with Crippen molar-refractivity contribution < 1.29 is 12.8 Å². The molecular formula is C14H21FN2O2S. The predicted octanol–water partition coefficient (Wildman–Crippen LogP) is 1.86. The minimum atomic E-state index is -3.61. The fraction of sp³-hybridized carbons (Fsp3) is 0.571. The molecule has 2 rings (SSSR count). The van der Waals surface area contributed by atoms with Crippen molar-refractivity contribution >= 4 is 10.0 Å². The summed E-state index contributed by atoms with van der Waals surface area (Å²) in [5.74, 6) is -0.350. The lowest BCUT2D eigenvalue weighted by Gasteiger charge is -2.30. The maximum absolute atomic E-state index is 13.6. The zero-order valence-corrected chi connectivity index (χ0v) is 12.8. The number of piperidine rings is 1. The van der Waals surface area contributed by atoms with E-state index in [1.54, 1.807) is 13.8 Å². The summed E-state index contributed by atoms with van der Waals surface area (Å²) in [7, 11) is -3.61. The van der Waals surface area contributed by atoms with Crippen LogP contribution in [0.15, 0.2) is 17.0 Å². The number of nitrogens with one attached hydrogen (secondary N) is 2. The third kappa shape index (κ3) is 3.19. The number of rotatable bonds is 3. The number of hydrogen-bond donors (Lipinski definition) is 2. The molecule has 1 aliphatic heterocycles. The first kappa shape index (κ1) is 15.4. The predicted molar refractivity (Wildman–Crippen MR) is 76.7 cm³/mol. The maximum atomic E-state index is 13.6. The van der Waals surface area contributed by atoms with Gasteiger partial charge < -0.3 is 5.32 Å². The van der Waals surface area contributed by atoms with Crippen LogP contribution in [0, 0.1) is 19.7 Å². The fourth-order valence-corrected chi connectivity index (χ4v) is 4.05. The topological polar surface area (TPSA) is 58.2 Å². The quantitative estimate of drug-likeness (QED) is 0.896. The van der Waals surface area contributed by atoms with Gasteiger partial charge in [0.25, 0.3) is 0 Å². The Bertz CT molecular complexity index is 578. The van der Waals surface area contributed by atoms with E-state index in [4.69, 9.17) is 0 Å². The minimum absolute atomic E-state index is 0.0983. The summed E-state index contributed by atoms with van der Waals surface area (Å²) in [6.45, 7) is 6.03. The van der Waals surface area contributed by atoms with Crippen LogP contribution in [0.2, 0.25) is 0 Å². The second kappa shape index (κ2) is 5.79. The number of sulfonamides is 1. The van der Waals surface area contributed by atoms with E-state index in [2.05, 4.69) is 10.0 Å². The Kier molecular flexibility index (Phi) is 4.46. The van der Waals surface area contributed by atoms with Crippen LogP contribution in [0.5, 0.6) is 0 Å². The van der Waals surface area contributed by atoms with Crippen LogP contribution in [0.3, 0.4) is 0 Å². The van der Waals surface area contributed by atoms with Crippen molar-refractivity contribution in [3.8, 4) is 0 Å².